The molecule has 0 bridgehead atoms. The lowest BCUT2D eigenvalue weighted by atomic mass is 10.2. The second-order valence-electron chi connectivity index (χ2n) is 2.45. The monoisotopic (exact) mass is 170 g/mol. The number of hydrogen-bond acceptors (Lipinski definition) is 3. The molecular weight excluding hydrogens is 159 g/mol. The summed E-state index contributed by atoms with van der Waals surface area (Å²) >= 11 is 0. The summed E-state index contributed by atoms with van der Waals surface area (Å²) in [6.07, 6.45) is 0. The first-order valence-corrected chi connectivity index (χ1v) is 3.49. The normalized spacial score (nSPS) is 9.67. The number of nitrogens with two attached hydrogens (primary N) is 1. The molecule has 1 rings (SSSR count). The molecule has 0 fully saturated rings. The number of rotatable bonds is 2. The maximum Gasteiger partial charge on any atom is 0.143 e. The summed E-state index contributed by atoms with van der Waals surface area (Å²) in [5.74, 6) is 5.38. The van der Waals surface area contributed by atoms with Crippen LogP contribution in [-0.4, -0.2) is 7.11 Å². The third-order valence-corrected chi connectivity index (χ3v) is 1.64. The van der Waals surface area contributed by atoms with Crippen molar-refractivity contribution in [2.45, 2.75) is 6.92 Å². The van der Waals surface area contributed by atoms with Gasteiger partial charge in [0.2, 0.25) is 0 Å². The third-order valence-electron chi connectivity index (χ3n) is 1.64. The predicted molar refractivity (Wildman–Crippen MR) is 45.5 cm³/mol. The average molecular weight is 170 g/mol. The Hall–Kier alpha value is -1.29. The smallest absolute Gasteiger partial charge is 0.143 e. The molecule has 0 aliphatic carbocycles. The van der Waals surface area contributed by atoms with Gasteiger partial charge in [0.1, 0.15) is 11.6 Å². The highest BCUT2D eigenvalue weighted by molar-refractivity contribution is 5.57. The minimum atomic E-state index is -0.302. The Kier molecular flexibility index (Phi) is 2.50. The zero-order valence-corrected chi connectivity index (χ0v) is 7.02. The Bertz CT molecular complexity index is 260. The highest BCUT2D eigenvalue weighted by atomic mass is 19.1. The molecule has 0 aliphatic rings. The largest absolute Gasteiger partial charge is 0.495 e. The number of hydrazine groups is 1. The molecule has 3 nitrogen and oxygen atoms in total. The van der Waals surface area contributed by atoms with Crippen molar-refractivity contribution < 1.29 is 9.13 Å². The number of aryl methyl sites for hydroxylation is 1. The van der Waals surface area contributed by atoms with Gasteiger partial charge in [-0.3, -0.25) is 5.84 Å². The molecule has 1 aromatic rings. The molecule has 0 saturated heterocycles. The van der Waals surface area contributed by atoms with Gasteiger partial charge in [0.05, 0.1) is 12.8 Å². The Morgan fingerprint density at radius 2 is 2.17 bits per heavy atom. The van der Waals surface area contributed by atoms with Gasteiger partial charge in [0.25, 0.3) is 0 Å². The summed E-state index contributed by atoms with van der Waals surface area (Å²) in [4.78, 5) is 0. The van der Waals surface area contributed by atoms with Crippen LogP contribution >= 0.6 is 0 Å². The fourth-order valence-electron chi connectivity index (χ4n) is 0.937. The maximum atomic E-state index is 12.9. The van der Waals surface area contributed by atoms with E-state index in [9.17, 15) is 4.39 Å². The fourth-order valence-corrected chi connectivity index (χ4v) is 0.937. The number of halogens is 1. The van der Waals surface area contributed by atoms with Crippen LogP contribution in [0.15, 0.2) is 12.1 Å². The molecule has 0 amide bonds. The Morgan fingerprint density at radius 3 is 2.67 bits per heavy atom. The second kappa shape index (κ2) is 3.40. The van der Waals surface area contributed by atoms with E-state index in [1.165, 1.54) is 13.2 Å². The zero-order chi connectivity index (χ0) is 9.14. The SMILES string of the molecule is COc1cc(C)c(F)cc1NN. The lowest BCUT2D eigenvalue weighted by molar-refractivity contribution is 0.415. The highest BCUT2D eigenvalue weighted by Crippen LogP contribution is 2.26. The number of nitrogen functional groups attached to an aromatic ring is 1. The van der Waals surface area contributed by atoms with E-state index in [0.29, 0.717) is 17.0 Å². The van der Waals surface area contributed by atoms with Crippen LogP contribution in [0.25, 0.3) is 0 Å². The lowest BCUT2D eigenvalue weighted by Gasteiger charge is -2.08. The minimum Gasteiger partial charge on any atom is -0.495 e. The van der Waals surface area contributed by atoms with Crippen LogP contribution in [0.1, 0.15) is 5.56 Å². The van der Waals surface area contributed by atoms with Crippen molar-refractivity contribution in [3.05, 3.63) is 23.5 Å². The van der Waals surface area contributed by atoms with E-state index in [-0.39, 0.29) is 5.82 Å². The molecular formula is C8H11FN2O. The van der Waals surface area contributed by atoms with Gasteiger partial charge in [0, 0.05) is 6.07 Å². The summed E-state index contributed by atoms with van der Waals surface area (Å²) < 4.78 is 17.9. The van der Waals surface area contributed by atoms with Crippen LogP contribution in [-0.2, 0) is 0 Å². The molecule has 66 valence electrons. The lowest BCUT2D eigenvalue weighted by Crippen LogP contribution is -2.08. The molecule has 0 unspecified atom stereocenters. The third kappa shape index (κ3) is 1.48. The number of benzene rings is 1. The number of hydrogen-bond donors (Lipinski definition) is 2. The minimum absolute atomic E-state index is 0.302. The van der Waals surface area contributed by atoms with Gasteiger partial charge in [-0.1, -0.05) is 0 Å². The first-order valence-electron chi connectivity index (χ1n) is 3.49. The van der Waals surface area contributed by atoms with E-state index in [0.717, 1.165) is 0 Å². The second-order valence-corrected chi connectivity index (χ2v) is 2.45. The number of ether oxygens (including phenoxy) is 1. The van der Waals surface area contributed by atoms with E-state index >= 15 is 0 Å². The van der Waals surface area contributed by atoms with Gasteiger partial charge in [-0.05, 0) is 18.6 Å². The summed E-state index contributed by atoms with van der Waals surface area (Å²) in [6, 6.07) is 2.89. The molecule has 0 aromatic heterocycles. The van der Waals surface area contributed by atoms with Crippen molar-refractivity contribution in [3.8, 4) is 5.75 Å². The molecule has 0 atom stereocenters. The van der Waals surface area contributed by atoms with Crippen LogP contribution in [0, 0.1) is 12.7 Å². The molecule has 0 aliphatic heterocycles. The molecule has 0 heterocycles. The quantitative estimate of drug-likeness (QED) is 0.521. The summed E-state index contributed by atoms with van der Waals surface area (Å²) in [6.45, 7) is 1.66. The molecule has 4 heteroatoms. The van der Waals surface area contributed by atoms with Crippen LogP contribution in [0.5, 0.6) is 5.75 Å². The summed E-state index contributed by atoms with van der Waals surface area (Å²) in [7, 11) is 1.51. The van der Waals surface area contributed by atoms with Gasteiger partial charge in [-0.25, -0.2) is 4.39 Å². The zero-order valence-electron chi connectivity index (χ0n) is 7.02. The maximum absolute atomic E-state index is 12.9. The molecule has 0 saturated carbocycles. The van der Waals surface area contributed by atoms with E-state index in [1.54, 1.807) is 13.0 Å². The van der Waals surface area contributed by atoms with Crippen molar-refractivity contribution >= 4 is 5.69 Å². The average Bonchev–Trinajstić information content (AvgIpc) is 2.09. The van der Waals surface area contributed by atoms with Crippen molar-refractivity contribution in [2.75, 3.05) is 12.5 Å². The first-order chi connectivity index (χ1) is 5.69. The van der Waals surface area contributed by atoms with Crippen LogP contribution in [0.2, 0.25) is 0 Å². The summed E-state index contributed by atoms with van der Waals surface area (Å²) in [5.41, 5.74) is 3.33. The van der Waals surface area contributed by atoms with E-state index < -0.39 is 0 Å². The van der Waals surface area contributed by atoms with Crippen molar-refractivity contribution in [2.24, 2.45) is 5.84 Å². The van der Waals surface area contributed by atoms with E-state index in [4.69, 9.17) is 10.6 Å². The molecule has 12 heavy (non-hydrogen) atoms. The first kappa shape index (κ1) is 8.80. The number of methoxy groups -OCH3 is 1. The van der Waals surface area contributed by atoms with Gasteiger partial charge < -0.3 is 10.2 Å². The Balaban J connectivity index is 3.19. The van der Waals surface area contributed by atoms with Crippen LogP contribution in [0.3, 0.4) is 0 Å². The highest BCUT2D eigenvalue weighted by Gasteiger charge is 2.05. The van der Waals surface area contributed by atoms with Gasteiger partial charge in [-0.2, -0.15) is 0 Å². The van der Waals surface area contributed by atoms with Crippen molar-refractivity contribution in [1.29, 1.82) is 0 Å². The van der Waals surface area contributed by atoms with Crippen LogP contribution < -0.4 is 16.0 Å². The van der Waals surface area contributed by atoms with E-state index in [1.807, 2.05) is 0 Å². The number of anilines is 1. The standard InChI is InChI=1S/C8H11FN2O/c1-5-3-8(12-2)7(11-10)4-6(5)9/h3-4,11H,10H2,1-2H3. The van der Waals surface area contributed by atoms with Crippen molar-refractivity contribution in [3.63, 3.8) is 0 Å². The topological polar surface area (TPSA) is 47.3 Å². The van der Waals surface area contributed by atoms with Crippen molar-refractivity contribution in [1.82, 2.24) is 0 Å². The Labute approximate surface area is 70.3 Å². The predicted octanol–water partition coefficient (Wildman–Crippen LogP) is 1.43. The number of nitrogens with one attached hydrogen (secondary N) is 1. The van der Waals surface area contributed by atoms with Gasteiger partial charge >= 0.3 is 0 Å². The van der Waals surface area contributed by atoms with Gasteiger partial charge in [0.15, 0.2) is 0 Å². The molecule has 0 spiro atoms. The molecule has 1 aromatic carbocycles. The fraction of sp³-hybridized carbons (Fsp3) is 0.250. The van der Waals surface area contributed by atoms with Crippen LogP contribution in [0.4, 0.5) is 10.1 Å². The van der Waals surface area contributed by atoms with Gasteiger partial charge in [-0.15, -0.1) is 0 Å². The summed E-state index contributed by atoms with van der Waals surface area (Å²) in [5, 5.41) is 0. The Morgan fingerprint density at radius 1 is 1.50 bits per heavy atom. The molecule has 0 radical (unpaired) electrons. The van der Waals surface area contributed by atoms with E-state index in [2.05, 4.69) is 5.43 Å². The molecule has 3 N–H and O–H groups in total.